The molecule has 2 rings (SSSR count). The largest absolute Gasteiger partial charge is 0.339 e. The third kappa shape index (κ3) is 3.78. The third-order valence-electron chi connectivity index (χ3n) is 3.43. The van der Waals surface area contributed by atoms with Crippen LogP contribution in [-0.4, -0.2) is 41.7 Å². The van der Waals surface area contributed by atoms with E-state index >= 15 is 0 Å². The second-order valence-electron chi connectivity index (χ2n) is 5.16. The number of nitrogens with one attached hydrogen (secondary N) is 1. The highest BCUT2D eigenvalue weighted by Crippen LogP contribution is 2.17. The molecule has 1 N–H and O–H groups in total. The van der Waals surface area contributed by atoms with Gasteiger partial charge in [0.2, 0.25) is 5.89 Å². The van der Waals surface area contributed by atoms with Gasteiger partial charge in [-0.1, -0.05) is 12.1 Å². The first-order chi connectivity index (χ1) is 8.81. The van der Waals surface area contributed by atoms with Crippen molar-refractivity contribution in [3.63, 3.8) is 0 Å². The Morgan fingerprint density at radius 1 is 1.50 bits per heavy atom. The van der Waals surface area contributed by atoms with Crippen molar-refractivity contribution in [2.75, 3.05) is 26.7 Å². The first kappa shape index (κ1) is 13.5. The molecule has 1 unspecified atom stereocenters. The minimum Gasteiger partial charge on any atom is -0.339 e. The van der Waals surface area contributed by atoms with E-state index in [1.165, 1.54) is 12.8 Å². The Kier molecular flexibility index (Phi) is 5.13. The van der Waals surface area contributed by atoms with Crippen LogP contribution in [0.2, 0.25) is 0 Å². The van der Waals surface area contributed by atoms with Crippen LogP contribution in [0.1, 0.15) is 37.9 Å². The number of piperidine rings is 1. The van der Waals surface area contributed by atoms with Crippen LogP contribution < -0.4 is 5.32 Å². The summed E-state index contributed by atoms with van der Waals surface area (Å²) in [6, 6.07) is 0. The summed E-state index contributed by atoms with van der Waals surface area (Å²) in [6.45, 7) is 6.34. The van der Waals surface area contributed by atoms with Gasteiger partial charge >= 0.3 is 0 Å². The lowest BCUT2D eigenvalue weighted by atomic mass is 9.98. The highest BCUT2D eigenvalue weighted by Gasteiger charge is 2.20. The van der Waals surface area contributed by atoms with Gasteiger partial charge in [-0.05, 0) is 45.3 Å². The van der Waals surface area contributed by atoms with Crippen LogP contribution in [0.5, 0.6) is 0 Å². The van der Waals surface area contributed by atoms with E-state index in [-0.39, 0.29) is 0 Å². The molecule has 0 bridgehead atoms. The average molecular weight is 252 g/mol. The summed E-state index contributed by atoms with van der Waals surface area (Å²) in [5, 5.41) is 7.32. The summed E-state index contributed by atoms with van der Waals surface area (Å²) in [7, 11) is 2.02. The number of likely N-dealkylation sites (tertiary alicyclic amines) is 1. The molecule has 0 radical (unpaired) electrons. The van der Waals surface area contributed by atoms with Gasteiger partial charge in [0, 0.05) is 13.0 Å². The van der Waals surface area contributed by atoms with E-state index in [1.54, 1.807) is 0 Å². The maximum atomic E-state index is 5.22. The number of nitrogens with zero attached hydrogens (tertiary/aromatic N) is 3. The van der Waals surface area contributed by atoms with Crippen LogP contribution in [0.4, 0.5) is 0 Å². The molecule has 0 amide bonds. The van der Waals surface area contributed by atoms with Crippen LogP contribution in [0.15, 0.2) is 4.52 Å². The van der Waals surface area contributed by atoms with E-state index in [4.69, 9.17) is 4.52 Å². The molecule has 1 atom stereocenters. The Hall–Kier alpha value is -0.940. The number of aromatic nitrogens is 2. The van der Waals surface area contributed by atoms with Crippen molar-refractivity contribution in [1.82, 2.24) is 20.4 Å². The Morgan fingerprint density at radius 2 is 2.39 bits per heavy atom. The molecule has 1 saturated heterocycles. The highest BCUT2D eigenvalue weighted by atomic mass is 16.5. The maximum Gasteiger partial charge on any atom is 0.226 e. The summed E-state index contributed by atoms with van der Waals surface area (Å²) in [4.78, 5) is 6.87. The zero-order chi connectivity index (χ0) is 12.8. The average Bonchev–Trinajstić information content (AvgIpc) is 2.78. The predicted molar refractivity (Wildman–Crippen MR) is 70.2 cm³/mol. The van der Waals surface area contributed by atoms with E-state index in [9.17, 15) is 0 Å². The van der Waals surface area contributed by atoms with Crippen molar-refractivity contribution in [3.05, 3.63) is 11.7 Å². The zero-order valence-electron chi connectivity index (χ0n) is 11.5. The number of hydrogen-bond donors (Lipinski definition) is 1. The van der Waals surface area contributed by atoms with E-state index < -0.39 is 0 Å². The van der Waals surface area contributed by atoms with Gasteiger partial charge in [-0.3, -0.25) is 4.90 Å². The van der Waals surface area contributed by atoms with E-state index in [1.807, 2.05) is 7.05 Å². The lowest BCUT2D eigenvalue weighted by Crippen LogP contribution is -2.38. The van der Waals surface area contributed by atoms with Crippen LogP contribution in [-0.2, 0) is 13.0 Å². The molecule has 1 aliphatic rings. The quantitative estimate of drug-likeness (QED) is 0.830. The molecule has 1 aromatic rings. The van der Waals surface area contributed by atoms with Gasteiger partial charge in [0.25, 0.3) is 0 Å². The SMILES string of the molecule is CCCc1nc(CN2CCCC(CNC)C2)no1. The van der Waals surface area contributed by atoms with Gasteiger partial charge in [0.05, 0.1) is 6.54 Å². The normalized spacial score (nSPS) is 21.3. The Bertz CT molecular complexity index is 351. The summed E-state index contributed by atoms with van der Waals surface area (Å²) in [5.41, 5.74) is 0. The van der Waals surface area contributed by atoms with Crippen molar-refractivity contribution < 1.29 is 4.52 Å². The van der Waals surface area contributed by atoms with Crippen molar-refractivity contribution >= 4 is 0 Å². The fourth-order valence-electron chi connectivity index (χ4n) is 2.62. The molecule has 1 aliphatic heterocycles. The van der Waals surface area contributed by atoms with Crippen LogP contribution >= 0.6 is 0 Å². The predicted octanol–water partition coefficient (Wildman–Crippen LogP) is 1.45. The van der Waals surface area contributed by atoms with Crippen LogP contribution in [0.25, 0.3) is 0 Å². The van der Waals surface area contributed by atoms with Gasteiger partial charge in [0.1, 0.15) is 0 Å². The minimum atomic E-state index is 0.755. The molecular formula is C13H24N4O. The first-order valence-corrected chi connectivity index (χ1v) is 7.00. The van der Waals surface area contributed by atoms with Gasteiger partial charge in [-0.15, -0.1) is 0 Å². The number of rotatable bonds is 6. The summed E-state index contributed by atoms with van der Waals surface area (Å²) < 4.78 is 5.22. The Morgan fingerprint density at radius 3 is 3.17 bits per heavy atom. The Labute approximate surface area is 109 Å². The monoisotopic (exact) mass is 252 g/mol. The molecule has 18 heavy (non-hydrogen) atoms. The van der Waals surface area contributed by atoms with Gasteiger partial charge in [0.15, 0.2) is 5.82 Å². The molecule has 0 aromatic carbocycles. The van der Waals surface area contributed by atoms with Crippen LogP contribution in [0.3, 0.4) is 0 Å². The zero-order valence-corrected chi connectivity index (χ0v) is 11.5. The second-order valence-corrected chi connectivity index (χ2v) is 5.16. The van der Waals surface area contributed by atoms with Gasteiger partial charge in [-0.25, -0.2) is 0 Å². The maximum absolute atomic E-state index is 5.22. The van der Waals surface area contributed by atoms with Gasteiger partial charge < -0.3 is 9.84 Å². The first-order valence-electron chi connectivity index (χ1n) is 7.00. The summed E-state index contributed by atoms with van der Waals surface area (Å²) >= 11 is 0. The van der Waals surface area contributed by atoms with Gasteiger partial charge in [-0.2, -0.15) is 4.98 Å². The fourth-order valence-corrected chi connectivity index (χ4v) is 2.62. The lowest BCUT2D eigenvalue weighted by Gasteiger charge is -2.31. The number of hydrogen-bond acceptors (Lipinski definition) is 5. The molecule has 1 aromatic heterocycles. The van der Waals surface area contributed by atoms with Crippen molar-refractivity contribution in [1.29, 1.82) is 0 Å². The topological polar surface area (TPSA) is 54.2 Å². The molecule has 0 aliphatic carbocycles. The fraction of sp³-hybridized carbons (Fsp3) is 0.846. The summed E-state index contributed by atoms with van der Waals surface area (Å²) in [5.74, 6) is 2.37. The summed E-state index contributed by atoms with van der Waals surface area (Å²) in [6.07, 6.45) is 4.53. The molecule has 5 heteroatoms. The van der Waals surface area contributed by atoms with Crippen LogP contribution in [0, 0.1) is 5.92 Å². The molecule has 2 heterocycles. The van der Waals surface area contributed by atoms with Crippen molar-refractivity contribution in [2.24, 2.45) is 5.92 Å². The Balaban J connectivity index is 1.84. The second kappa shape index (κ2) is 6.85. The van der Waals surface area contributed by atoms with E-state index in [2.05, 4.69) is 27.3 Å². The molecule has 0 spiro atoms. The smallest absolute Gasteiger partial charge is 0.226 e. The third-order valence-corrected chi connectivity index (χ3v) is 3.43. The lowest BCUT2D eigenvalue weighted by molar-refractivity contribution is 0.162. The standard InChI is InChI=1S/C13H24N4O/c1-3-5-13-15-12(16-18-13)10-17-7-4-6-11(9-17)8-14-2/h11,14H,3-10H2,1-2H3. The van der Waals surface area contributed by atoms with Crippen molar-refractivity contribution in [3.8, 4) is 0 Å². The molecule has 1 fully saturated rings. The number of aryl methyl sites for hydroxylation is 1. The van der Waals surface area contributed by atoms with E-state index in [0.717, 1.165) is 56.7 Å². The minimum absolute atomic E-state index is 0.755. The highest BCUT2D eigenvalue weighted by molar-refractivity contribution is 4.87. The molecule has 0 saturated carbocycles. The van der Waals surface area contributed by atoms with E-state index in [0.29, 0.717) is 0 Å². The van der Waals surface area contributed by atoms with Crippen molar-refractivity contribution in [2.45, 2.75) is 39.2 Å². The molecular weight excluding hydrogens is 228 g/mol. The molecule has 102 valence electrons. The molecule has 5 nitrogen and oxygen atoms in total.